The molecule has 0 aliphatic heterocycles. The summed E-state index contributed by atoms with van der Waals surface area (Å²) >= 11 is 1.49. The number of nitrogens with one attached hydrogen (secondary N) is 2. The van der Waals surface area contributed by atoms with Crippen molar-refractivity contribution in [2.75, 3.05) is 13.7 Å². The molecular formula is C8H13N3OS. The van der Waals surface area contributed by atoms with Gasteiger partial charge in [-0.1, -0.05) is 0 Å². The Labute approximate surface area is 80.9 Å². The Balaban J connectivity index is 2.84. The molecule has 0 fully saturated rings. The van der Waals surface area contributed by atoms with E-state index < -0.39 is 0 Å². The third-order valence-corrected chi connectivity index (χ3v) is 2.85. The maximum atomic E-state index is 8.99. The van der Waals surface area contributed by atoms with Gasteiger partial charge in [-0.15, -0.1) is 11.3 Å². The Kier molecular flexibility index (Phi) is 3.41. The van der Waals surface area contributed by atoms with Gasteiger partial charge in [0.05, 0.1) is 12.6 Å². The van der Waals surface area contributed by atoms with Crippen molar-refractivity contribution in [3.8, 4) is 0 Å². The largest absolute Gasteiger partial charge is 0.394 e. The minimum absolute atomic E-state index is 0.0500. The lowest BCUT2D eigenvalue weighted by molar-refractivity contribution is 0.253. The molecule has 0 saturated heterocycles. The summed E-state index contributed by atoms with van der Waals surface area (Å²) in [5, 5.41) is 21.0. The zero-order chi connectivity index (χ0) is 9.84. The minimum atomic E-state index is -0.0573. The van der Waals surface area contributed by atoms with Crippen LogP contribution in [-0.4, -0.2) is 24.6 Å². The standard InChI is InChI=1S/C8H13N3OS/c1-11-6(3-12)7-2-5(4-13-7)8(9)10/h2,4,6,11-12H,3H2,1H3,(H3,9,10)/t6-/m1/s1. The molecule has 1 aromatic rings. The summed E-state index contributed by atoms with van der Waals surface area (Å²) in [5.41, 5.74) is 6.03. The Morgan fingerprint density at radius 2 is 2.54 bits per heavy atom. The smallest absolute Gasteiger partial charge is 0.123 e. The molecular weight excluding hydrogens is 186 g/mol. The Hall–Kier alpha value is -0.910. The van der Waals surface area contributed by atoms with E-state index in [2.05, 4.69) is 5.32 Å². The number of rotatable bonds is 4. The van der Waals surface area contributed by atoms with E-state index in [9.17, 15) is 0 Å². The first kappa shape index (κ1) is 10.2. The van der Waals surface area contributed by atoms with E-state index >= 15 is 0 Å². The van der Waals surface area contributed by atoms with Gasteiger partial charge in [0.2, 0.25) is 0 Å². The van der Waals surface area contributed by atoms with Gasteiger partial charge in [-0.3, -0.25) is 5.41 Å². The van der Waals surface area contributed by atoms with Crippen molar-refractivity contribution in [1.29, 1.82) is 5.41 Å². The Bertz CT molecular complexity index is 293. The molecule has 0 aliphatic carbocycles. The summed E-state index contributed by atoms with van der Waals surface area (Å²) in [6.07, 6.45) is 0. The highest BCUT2D eigenvalue weighted by atomic mass is 32.1. The summed E-state index contributed by atoms with van der Waals surface area (Å²) in [4.78, 5) is 0.996. The number of aliphatic hydroxyl groups excluding tert-OH is 1. The lowest BCUT2D eigenvalue weighted by Gasteiger charge is -2.09. The number of nitrogens with two attached hydrogens (primary N) is 1. The van der Waals surface area contributed by atoms with Crippen LogP contribution in [0.25, 0.3) is 0 Å². The van der Waals surface area contributed by atoms with E-state index in [-0.39, 0.29) is 18.5 Å². The predicted octanol–water partition coefficient (Wildman–Crippen LogP) is 0.285. The quantitative estimate of drug-likeness (QED) is 0.415. The van der Waals surface area contributed by atoms with E-state index in [0.717, 1.165) is 4.88 Å². The molecule has 0 bridgehead atoms. The summed E-state index contributed by atoms with van der Waals surface area (Å²) in [6.45, 7) is 0.0500. The number of thiophene rings is 1. The molecule has 0 aliphatic rings. The van der Waals surface area contributed by atoms with Gasteiger partial charge in [0, 0.05) is 15.8 Å². The van der Waals surface area contributed by atoms with Crippen molar-refractivity contribution in [2.45, 2.75) is 6.04 Å². The van der Waals surface area contributed by atoms with Crippen LogP contribution in [0.1, 0.15) is 16.5 Å². The topological polar surface area (TPSA) is 82.1 Å². The second-order valence-corrected chi connectivity index (χ2v) is 3.62. The van der Waals surface area contributed by atoms with Gasteiger partial charge >= 0.3 is 0 Å². The van der Waals surface area contributed by atoms with Crippen LogP contribution in [0.15, 0.2) is 11.4 Å². The van der Waals surface area contributed by atoms with E-state index in [1.165, 1.54) is 11.3 Å². The average molecular weight is 199 g/mol. The van der Waals surface area contributed by atoms with Crippen LogP contribution in [0.4, 0.5) is 0 Å². The van der Waals surface area contributed by atoms with Crippen molar-refractivity contribution >= 4 is 17.2 Å². The Morgan fingerprint density at radius 3 is 2.92 bits per heavy atom. The van der Waals surface area contributed by atoms with Crippen LogP contribution in [0.5, 0.6) is 0 Å². The van der Waals surface area contributed by atoms with Gasteiger partial charge < -0.3 is 16.2 Å². The molecule has 0 aromatic carbocycles. The van der Waals surface area contributed by atoms with Crippen LogP contribution in [0, 0.1) is 5.41 Å². The summed E-state index contributed by atoms with van der Waals surface area (Å²) < 4.78 is 0. The second-order valence-electron chi connectivity index (χ2n) is 2.68. The maximum absolute atomic E-state index is 8.99. The van der Waals surface area contributed by atoms with Crippen molar-refractivity contribution < 1.29 is 5.11 Å². The number of nitrogen functional groups attached to an aromatic ring is 1. The monoisotopic (exact) mass is 199 g/mol. The first-order valence-electron chi connectivity index (χ1n) is 3.90. The number of hydrogen-bond acceptors (Lipinski definition) is 4. The zero-order valence-electron chi connectivity index (χ0n) is 7.37. The van der Waals surface area contributed by atoms with E-state index in [4.69, 9.17) is 16.2 Å². The van der Waals surface area contributed by atoms with E-state index in [0.29, 0.717) is 5.56 Å². The third-order valence-electron chi connectivity index (χ3n) is 1.81. The molecule has 0 saturated carbocycles. The average Bonchev–Trinajstić information content (AvgIpc) is 2.56. The predicted molar refractivity (Wildman–Crippen MR) is 54.2 cm³/mol. The molecule has 4 nitrogen and oxygen atoms in total. The molecule has 0 amide bonds. The van der Waals surface area contributed by atoms with Gasteiger partial charge in [-0.2, -0.15) is 0 Å². The van der Waals surface area contributed by atoms with Gasteiger partial charge in [0.1, 0.15) is 5.84 Å². The number of aliphatic hydroxyl groups is 1. The fraction of sp³-hybridized carbons (Fsp3) is 0.375. The zero-order valence-corrected chi connectivity index (χ0v) is 8.19. The van der Waals surface area contributed by atoms with Crippen molar-refractivity contribution in [2.24, 2.45) is 5.73 Å². The van der Waals surface area contributed by atoms with Crippen LogP contribution < -0.4 is 11.1 Å². The molecule has 1 aromatic heterocycles. The molecule has 0 radical (unpaired) electrons. The Morgan fingerprint density at radius 1 is 1.85 bits per heavy atom. The number of likely N-dealkylation sites (N-methyl/N-ethyl adjacent to an activating group) is 1. The van der Waals surface area contributed by atoms with E-state index in [1.807, 2.05) is 11.4 Å². The lowest BCUT2D eigenvalue weighted by Crippen LogP contribution is -2.18. The fourth-order valence-electron chi connectivity index (χ4n) is 1.00. The molecule has 13 heavy (non-hydrogen) atoms. The SMILES string of the molecule is CN[C@H](CO)c1cc(C(=N)N)cs1. The number of amidine groups is 1. The van der Waals surface area contributed by atoms with Crippen LogP contribution in [0.2, 0.25) is 0 Å². The fourth-order valence-corrected chi connectivity index (χ4v) is 2.01. The maximum Gasteiger partial charge on any atom is 0.123 e. The highest BCUT2D eigenvalue weighted by Crippen LogP contribution is 2.21. The van der Waals surface area contributed by atoms with Crippen molar-refractivity contribution in [3.05, 3.63) is 21.9 Å². The van der Waals surface area contributed by atoms with Gasteiger partial charge in [-0.05, 0) is 13.1 Å². The van der Waals surface area contributed by atoms with Gasteiger partial charge in [0.25, 0.3) is 0 Å². The van der Waals surface area contributed by atoms with Crippen LogP contribution in [0.3, 0.4) is 0 Å². The first-order chi connectivity index (χ1) is 6.19. The molecule has 1 heterocycles. The van der Waals surface area contributed by atoms with E-state index in [1.54, 1.807) is 7.05 Å². The van der Waals surface area contributed by atoms with Gasteiger partial charge in [0.15, 0.2) is 0 Å². The highest BCUT2D eigenvalue weighted by molar-refractivity contribution is 7.10. The highest BCUT2D eigenvalue weighted by Gasteiger charge is 2.10. The number of hydrogen-bond donors (Lipinski definition) is 4. The summed E-state index contributed by atoms with van der Waals surface area (Å²) in [5.74, 6) is 0.0651. The molecule has 0 unspecified atom stereocenters. The summed E-state index contributed by atoms with van der Waals surface area (Å²) in [7, 11) is 1.79. The van der Waals surface area contributed by atoms with Crippen molar-refractivity contribution in [3.63, 3.8) is 0 Å². The lowest BCUT2D eigenvalue weighted by atomic mass is 10.2. The molecule has 5 heteroatoms. The van der Waals surface area contributed by atoms with Crippen molar-refractivity contribution in [1.82, 2.24) is 5.32 Å². The minimum Gasteiger partial charge on any atom is -0.394 e. The molecule has 1 atom stereocenters. The molecule has 1 rings (SSSR count). The van der Waals surface area contributed by atoms with Crippen LogP contribution in [-0.2, 0) is 0 Å². The second kappa shape index (κ2) is 4.36. The first-order valence-corrected chi connectivity index (χ1v) is 4.78. The third kappa shape index (κ3) is 2.27. The molecule has 72 valence electrons. The van der Waals surface area contributed by atoms with Crippen LogP contribution >= 0.6 is 11.3 Å². The molecule has 0 spiro atoms. The normalized spacial score (nSPS) is 12.8. The van der Waals surface area contributed by atoms with Gasteiger partial charge in [-0.25, -0.2) is 0 Å². The molecule has 5 N–H and O–H groups in total. The summed E-state index contributed by atoms with van der Waals surface area (Å²) in [6, 6.07) is 1.77.